The summed E-state index contributed by atoms with van der Waals surface area (Å²) >= 11 is 1.44. The summed E-state index contributed by atoms with van der Waals surface area (Å²) in [6.45, 7) is 3.15. The van der Waals surface area contributed by atoms with Crippen LogP contribution < -0.4 is 0 Å². The van der Waals surface area contributed by atoms with Crippen molar-refractivity contribution in [3.05, 3.63) is 48.3 Å². The fourth-order valence-electron chi connectivity index (χ4n) is 2.13. The number of ketones is 1. The first-order chi connectivity index (χ1) is 11.7. The second-order valence-electron chi connectivity index (χ2n) is 5.32. The van der Waals surface area contributed by atoms with E-state index in [0.29, 0.717) is 18.6 Å². The van der Waals surface area contributed by atoms with E-state index in [9.17, 15) is 9.59 Å². The lowest BCUT2D eigenvalue weighted by Gasteiger charge is -2.05. The highest BCUT2D eigenvalue weighted by atomic mass is 32.2. The number of ether oxygens (including phenoxy) is 1. The van der Waals surface area contributed by atoms with Crippen LogP contribution in [0.25, 0.3) is 0 Å². The highest BCUT2D eigenvalue weighted by molar-refractivity contribution is 7.99. The third-order valence-corrected chi connectivity index (χ3v) is 4.52. The summed E-state index contributed by atoms with van der Waals surface area (Å²) in [5.74, 6) is 0.248. The molecule has 0 radical (unpaired) electrons. The average Bonchev–Trinajstić information content (AvgIpc) is 3.06. The van der Waals surface area contributed by atoms with Gasteiger partial charge in [-0.2, -0.15) is 0 Å². The quantitative estimate of drug-likeness (QED) is 0.487. The number of nitrogens with zero attached hydrogens (tertiary/aromatic N) is 2. The van der Waals surface area contributed by atoms with Crippen molar-refractivity contribution in [1.82, 2.24) is 9.55 Å². The summed E-state index contributed by atoms with van der Waals surface area (Å²) in [7, 11) is 0. The van der Waals surface area contributed by atoms with Gasteiger partial charge < -0.3 is 9.30 Å². The van der Waals surface area contributed by atoms with Crippen LogP contribution in [-0.2, 0) is 27.5 Å². The Morgan fingerprint density at radius 1 is 1.21 bits per heavy atom. The minimum atomic E-state index is -0.263. The van der Waals surface area contributed by atoms with E-state index in [-0.39, 0.29) is 24.8 Å². The maximum absolute atomic E-state index is 11.9. The molecule has 2 rings (SSSR count). The first kappa shape index (κ1) is 18.3. The van der Waals surface area contributed by atoms with Crippen LogP contribution in [0.1, 0.15) is 31.7 Å². The Hall–Kier alpha value is -2.08. The summed E-state index contributed by atoms with van der Waals surface area (Å²) in [6, 6.07) is 9.55. The summed E-state index contributed by atoms with van der Waals surface area (Å²) < 4.78 is 7.19. The molecule has 0 aliphatic heterocycles. The SMILES string of the molecule is CCn1ccnc1SCC(=O)CCCC(=O)OCc1ccccc1. The Labute approximate surface area is 146 Å². The molecular formula is C18H22N2O3S. The van der Waals surface area contributed by atoms with Crippen molar-refractivity contribution in [3.63, 3.8) is 0 Å². The summed E-state index contributed by atoms with van der Waals surface area (Å²) in [4.78, 5) is 27.8. The van der Waals surface area contributed by atoms with Crippen LogP contribution in [0.3, 0.4) is 0 Å². The molecule has 0 N–H and O–H groups in total. The number of carbonyl (C=O) groups excluding carboxylic acids is 2. The topological polar surface area (TPSA) is 61.2 Å². The normalized spacial score (nSPS) is 10.5. The smallest absolute Gasteiger partial charge is 0.306 e. The van der Waals surface area contributed by atoms with E-state index in [2.05, 4.69) is 4.98 Å². The maximum Gasteiger partial charge on any atom is 0.306 e. The monoisotopic (exact) mass is 346 g/mol. The van der Waals surface area contributed by atoms with Gasteiger partial charge >= 0.3 is 5.97 Å². The third-order valence-electron chi connectivity index (χ3n) is 3.46. The molecule has 0 spiro atoms. The number of aromatic nitrogens is 2. The van der Waals surface area contributed by atoms with Crippen LogP contribution in [0.15, 0.2) is 47.9 Å². The van der Waals surface area contributed by atoms with Crippen LogP contribution in [-0.4, -0.2) is 27.1 Å². The van der Waals surface area contributed by atoms with Gasteiger partial charge in [-0.05, 0) is 18.9 Å². The minimum absolute atomic E-state index is 0.126. The number of hydrogen-bond acceptors (Lipinski definition) is 5. The van der Waals surface area contributed by atoms with E-state index in [0.717, 1.165) is 17.3 Å². The standard InChI is InChI=1S/C18H22N2O3S/c1-2-20-12-11-19-18(20)24-14-16(21)9-6-10-17(22)23-13-15-7-4-3-5-8-15/h3-5,7-8,11-12H,2,6,9-10,13-14H2,1H3. The molecular weight excluding hydrogens is 324 g/mol. The molecule has 0 bridgehead atoms. The van der Waals surface area contributed by atoms with Crippen molar-refractivity contribution in [3.8, 4) is 0 Å². The van der Waals surface area contributed by atoms with Gasteiger partial charge in [0, 0.05) is 31.8 Å². The Morgan fingerprint density at radius 2 is 2.00 bits per heavy atom. The second-order valence-corrected chi connectivity index (χ2v) is 6.27. The molecule has 0 aliphatic rings. The lowest BCUT2D eigenvalue weighted by molar-refractivity contribution is -0.145. The number of benzene rings is 1. The van der Waals surface area contributed by atoms with E-state index in [1.54, 1.807) is 6.20 Å². The molecule has 0 fully saturated rings. The Balaban J connectivity index is 1.59. The molecule has 6 heteroatoms. The molecule has 1 heterocycles. The van der Waals surface area contributed by atoms with Crippen molar-refractivity contribution < 1.29 is 14.3 Å². The van der Waals surface area contributed by atoms with Crippen molar-refractivity contribution in [2.75, 3.05) is 5.75 Å². The predicted octanol–water partition coefficient (Wildman–Crippen LogP) is 3.48. The number of rotatable bonds is 10. The molecule has 0 saturated carbocycles. The Kier molecular flexibility index (Phi) is 7.55. The number of esters is 1. The van der Waals surface area contributed by atoms with E-state index < -0.39 is 0 Å². The predicted molar refractivity (Wildman–Crippen MR) is 93.7 cm³/mol. The van der Waals surface area contributed by atoms with Gasteiger partial charge in [-0.15, -0.1) is 0 Å². The van der Waals surface area contributed by atoms with Gasteiger partial charge in [0.15, 0.2) is 5.16 Å². The average molecular weight is 346 g/mol. The third kappa shape index (κ3) is 6.20. The van der Waals surface area contributed by atoms with Crippen LogP contribution in [0.4, 0.5) is 0 Å². The minimum Gasteiger partial charge on any atom is -0.461 e. The molecule has 2 aromatic rings. The lowest BCUT2D eigenvalue weighted by Crippen LogP contribution is -2.07. The first-order valence-corrected chi connectivity index (χ1v) is 9.02. The molecule has 0 atom stereocenters. The zero-order chi connectivity index (χ0) is 17.2. The second kappa shape index (κ2) is 9.93. The number of thioether (sulfide) groups is 1. The number of hydrogen-bond donors (Lipinski definition) is 0. The van der Waals surface area contributed by atoms with Gasteiger partial charge in [-0.3, -0.25) is 9.59 Å². The molecule has 0 amide bonds. The van der Waals surface area contributed by atoms with Gasteiger partial charge in [0.2, 0.25) is 0 Å². The Bertz CT molecular complexity index is 655. The highest BCUT2D eigenvalue weighted by Gasteiger charge is 2.09. The molecule has 1 aromatic carbocycles. The van der Waals surface area contributed by atoms with E-state index in [4.69, 9.17) is 4.74 Å². The maximum atomic E-state index is 11.9. The zero-order valence-corrected chi connectivity index (χ0v) is 14.6. The molecule has 1 aromatic heterocycles. The summed E-state index contributed by atoms with van der Waals surface area (Å²) in [6.07, 6.45) is 4.82. The molecule has 24 heavy (non-hydrogen) atoms. The van der Waals surface area contributed by atoms with Crippen molar-refractivity contribution in [2.24, 2.45) is 0 Å². The lowest BCUT2D eigenvalue weighted by atomic mass is 10.2. The number of imidazole rings is 1. The fraction of sp³-hybridized carbons (Fsp3) is 0.389. The zero-order valence-electron chi connectivity index (χ0n) is 13.8. The van der Waals surface area contributed by atoms with Crippen LogP contribution in [0, 0.1) is 0 Å². The van der Waals surface area contributed by atoms with E-state index >= 15 is 0 Å². The van der Waals surface area contributed by atoms with Crippen LogP contribution in [0.2, 0.25) is 0 Å². The van der Waals surface area contributed by atoms with Crippen molar-refractivity contribution in [2.45, 2.75) is 44.5 Å². The van der Waals surface area contributed by atoms with Crippen molar-refractivity contribution in [1.29, 1.82) is 0 Å². The summed E-state index contributed by atoms with van der Waals surface area (Å²) in [5, 5.41) is 0.855. The van der Waals surface area contributed by atoms with E-state index in [1.807, 2.05) is 48.0 Å². The fourth-order valence-corrected chi connectivity index (χ4v) is 3.06. The van der Waals surface area contributed by atoms with Crippen LogP contribution >= 0.6 is 11.8 Å². The number of carbonyl (C=O) groups is 2. The van der Waals surface area contributed by atoms with Gasteiger partial charge in [0.25, 0.3) is 0 Å². The molecule has 128 valence electrons. The highest BCUT2D eigenvalue weighted by Crippen LogP contribution is 2.16. The van der Waals surface area contributed by atoms with Gasteiger partial charge in [-0.25, -0.2) is 4.98 Å². The molecule has 5 nitrogen and oxygen atoms in total. The molecule has 0 aliphatic carbocycles. The van der Waals surface area contributed by atoms with Gasteiger partial charge in [-0.1, -0.05) is 42.1 Å². The van der Waals surface area contributed by atoms with E-state index in [1.165, 1.54) is 11.8 Å². The van der Waals surface area contributed by atoms with Crippen molar-refractivity contribution >= 4 is 23.5 Å². The number of aryl methyl sites for hydroxylation is 1. The molecule has 0 saturated heterocycles. The summed E-state index contributed by atoms with van der Waals surface area (Å²) in [5.41, 5.74) is 0.963. The Morgan fingerprint density at radius 3 is 2.75 bits per heavy atom. The molecule has 0 unspecified atom stereocenters. The first-order valence-electron chi connectivity index (χ1n) is 8.04. The largest absolute Gasteiger partial charge is 0.461 e. The van der Waals surface area contributed by atoms with Gasteiger partial charge in [0.1, 0.15) is 12.4 Å². The van der Waals surface area contributed by atoms with Crippen LogP contribution in [0.5, 0.6) is 0 Å². The number of Topliss-reactive ketones (excluding diaryl/α,β-unsaturated/α-hetero) is 1. The van der Waals surface area contributed by atoms with Gasteiger partial charge in [0.05, 0.1) is 5.75 Å².